The molecule has 0 unspecified atom stereocenters. The average Bonchev–Trinajstić information content (AvgIpc) is 2.69. The fourth-order valence-corrected chi connectivity index (χ4v) is 2.49. The highest BCUT2D eigenvalue weighted by molar-refractivity contribution is 6.05. The molecule has 0 aliphatic rings. The fourth-order valence-electron chi connectivity index (χ4n) is 2.49. The summed E-state index contributed by atoms with van der Waals surface area (Å²) in [4.78, 5) is 25.3. The summed E-state index contributed by atoms with van der Waals surface area (Å²) in [7, 11) is 0. The van der Waals surface area contributed by atoms with Crippen LogP contribution in [0.3, 0.4) is 0 Å². The lowest BCUT2D eigenvalue weighted by molar-refractivity contribution is 0.0869. The second-order valence-electron chi connectivity index (χ2n) is 5.77. The molecule has 0 heterocycles. The van der Waals surface area contributed by atoms with Crippen molar-refractivity contribution in [2.75, 3.05) is 5.32 Å². The van der Waals surface area contributed by atoms with E-state index in [1.54, 1.807) is 36.4 Å². The van der Waals surface area contributed by atoms with E-state index < -0.39 is 29.5 Å². The van der Waals surface area contributed by atoms with Gasteiger partial charge < -0.3 is 10.6 Å². The number of anilines is 1. The van der Waals surface area contributed by atoms with Crippen molar-refractivity contribution in [1.82, 2.24) is 5.32 Å². The highest BCUT2D eigenvalue weighted by Crippen LogP contribution is 2.15. The maximum atomic E-state index is 14.0. The lowest BCUT2D eigenvalue weighted by atomic mass is 10.1. The maximum absolute atomic E-state index is 14.0. The van der Waals surface area contributed by atoms with E-state index in [9.17, 15) is 18.4 Å². The Morgan fingerprint density at radius 3 is 2.04 bits per heavy atom. The minimum Gasteiger partial charge on any atom is -0.356 e. The molecule has 4 nitrogen and oxygen atoms in total. The normalized spacial score (nSPS) is 11.5. The number of carbonyl (C=O) groups excluding carboxylic acids is 2. The molecule has 136 valence electrons. The first-order valence-corrected chi connectivity index (χ1v) is 8.21. The highest BCUT2D eigenvalue weighted by atomic mass is 19.1. The Hall–Kier alpha value is -3.54. The van der Waals surface area contributed by atoms with E-state index in [4.69, 9.17) is 0 Å². The first kappa shape index (κ1) is 18.3. The monoisotopic (exact) mass is 366 g/mol. The number of amides is 1. The van der Waals surface area contributed by atoms with Crippen LogP contribution in [0.15, 0.2) is 78.9 Å². The molecule has 3 aromatic carbocycles. The molecule has 0 fully saturated rings. The van der Waals surface area contributed by atoms with E-state index in [0.29, 0.717) is 5.56 Å². The maximum Gasteiger partial charge on any atom is 0.253 e. The Kier molecular flexibility index (Phi) is 5.56. The molecule has 3 aromatic rings. The molecule has 1 atom stereocenters. The number of nitrogens with one attached hydrogen (secondary N) is 2. The first-order valence-electron chi connectivity index (χ1n) is 8.21. The Balaban J connectivity index is 1.87. The quantitative estimate of drug-likeness (QED) is 0.512. The van der Waals surface area contributed by atoms with Crippen LogP contribution in [0, 0.1) is 11.6 Å². The predicted octanol–water partition coefficient (Wildman–Crippen LogP) is 4.02. The summed E-state index contributed by atoms with van der Waals surface area (Å²) in [6.45, 7) is 0. The standard InChI is InChI=1S/C21H16F2N2O2/c22-16-12-10-15(11-13-16)21(27)25-20(19(26)14-6-2-1-3-7-14)24-18-9-5-4-8-17(18)23/h1-13,20,24H,(H,25,27)/t20-/m1/s1. The van der Waals surface area contributed by atoms with E-state index in [1.165, 1.54) is 30.3 Å². The van der Waals surface area contributed by atoms with Crippen LogP contribution < -0.4 is 10.6 Å². The number of benzene rings is 3. The van der Waals surface area contributed by atoms with Crippen LogP contribution in [0.4, 0.5) is 14.5 Å². The van der Waals surface area contributed by atoms with Gasteiger partial charge in [-0.25, -0.2) is 8.78 Å². The van der Waals surface area contributed by atoms with Crippen molar-refractivity contribution in [2.24, 2.45) is 0 Å². The van der Waals surface area contributed by atoms with E-state index >= 15 is 0 Å². The molecule has 0 aromatic heterocycles. The number of hydrogen-bond acceptors (Lipinski definition) is 3. The lowest BCUT2D eigenvalue weighted by Crippen LogP contribution is -2.46. The number of carbonyl (C=O) groups is 2. The highest BCUT2D eigenvalue weighted by Gasteiger charge is 2.23. The molecule has 0 saturated carbocycles. The minimum absolute atomic E-state index is 0.0752. The summed E-state index contributed by atoms with van der Waals surface area (Å²) in [5.41, 5.74) is 0.606. The van der Waals surface area contributed by atoms with Gasteiger partial charge in [0, 0.05) is 11.1 Å². The molecule has 27 heavy (non-hydrogen) atoms. The summed E-state index contributed by atoms with van der Waals surface area (Å²) in [6, 6.07) is 19.1. The third-order valence-electron chi connectivity index (χ3n) is 3.88. The molecule has 0 radical (unpaired) electrons. The fraction of sp³-hybridized carbons (Fsp3) is 0.0476. The van der Waals surface area contributed by atoms with E-state index in [2.05, 4.69) is 10.6 Å². The van der Waals surface area contributed by atoms with Gasteiger partial charge in [-0.15, -0.1) is 0 Å². The average molecular weight is 366 g/mol. The SMILES string of the molecule is O=C(N[C@@H](Nc1ccccc1F)C(=O)c1ccccc1)c1ccc(F)cc1. The third kappa shape index (κ3) is 4.55. The number of rotatable bonds is 6. The molecule has 0 bridgehead atoms. The largest absolute Gasteiger partial charge is 0.356 e. The van der Waals surface area contributed by atoms with Crippen LogP contribution in [-0.2, 0) is 0 Å². The zero-order valence-electron chi connectivity index (χ0n) is 14.2. The molecule has 0 aliphatic carbocycles. The van der Waals surface area contributed by atoms with E-state index in [1.807, 2.05) is 0 Å². The lowest BCUT2D eigenvalue weighted by Gasteiger charge is -2.21. The molecular weight excluding hydrogens is 350 g/mol. The third-order valence-corrected chi connectivity index (χ3v) is 3.88. The zero-order chi connectivity index (χ0) is 19.2. The predicted molar refractivity (Wildman–Crippen MR) is 98.4 cm³/mol. The second-order valence-corrected chi connectivity index (χ2v) is 5.77. The van der Waals surface area contributed by atoms with Gasteiger partial charge in [0.2, 0.25) is 5.78 Å². The summed E-state index contributed by atoms with van der Waals surface area (Å²) in [5, 5.41) is 5.27. The van der Waals surface area contributed by atoms with Crippen LogP contribution >= 0.6 is 0 Å². The second kappa shape index (κ2) is 8.23. The van der Waals surface area contributed by atoms with Gasteiger partial charge in [0.15, 0.2) is 6.17 Å². The van der Waals surface area contributed by atoms with Gasteiger partial charge in [-0.05, 0) is 36.4 Å². The van der Waals surface area contributed by atoms with Crippen LogP contribution in [0.2, 0.25) is 0 Å². The Bertz CT molecular complexity index is 944. The van der Waals surface area contributed by atoms with Crippen molar-refractivity contribution in [1.29, 1.82) is 0 Å². The van der Waals surface area contributed by atoms with Gasteiger partial charge in [-0.2, -0.15) is 0 Å². The molecule has 1 amide bonds. The molecule has 0 saturated heterocycles. The van der Waals surface area contributed by atoms with Gasteiger partial charge >= 0.3 is 0 Å². The molecule has 6 heteroatoms. The summed E-state index contributed by atoms with van der Waals surface area (Å²) in [5.74, 6) is -2.06. The van der Waals surface area contributed by atoms with Crippen molar-refractivity contribution in [2.45, 2.75) is 6.17 Å². The van der Waals surface area contributed by atoms with Crippen molar-refractivity contribution < 1.29 is 18.4 Å². The Morgan fingerprint density at radius 2 is 1.37 bits per heavy atom. The molecule has 3 rings (SSSR count). The van der Waals surface area contributed by atoms with Crippen molar-refractivity contribution >= 4 is 17.4 Å². The summed E-state index contributed by atoms with van der Waals surface area (Å²) < 4.78 is 27.0. The first-order chi connectivity index (χ1) is 13.0. The topological polar surface area (TPSA) is 58.2 Å². The van der Waals surface area contributed by atoms with E-state index in [-0.39, 0.29) is 11.3 Å². The van der Waals surface area contributed by atoms with Crippen molar-refractivity contribution in [3.63, 3.8) is 0 Å². The van der Waals surface area contributed by atoms with Gasteiger partial charge in [0.1, 0.15) is 11.6 Å². The number of para-hydroxylation sites is 1. The smallest absolute Gasteiger partial charge is 0.253 e. The number of Topliss-reactive ketones (excluding diaryl/α,β-unsaturated/α-hetero) is 1. The van der Waals surface area contributed by atoms with Gasteiger partial charge in [-0.3, -0.25) is 9.59 Å². The van der Waals surface area contributed by atoms with Crippen LogP contribution in [0.25, 0.3) is 0 Å². The summed E-state index contributed by atoms with van der Waals surface area (Å²) in [6.07, 6.45) is -1.21. The van der Waals surface area contributed by atoms with Crippen molar-refractivity contribution in [3.05, 3.63) is 102 Å². The Morgan fingerprint density at radius 1 is 0.741 bits per heavy atom. The number of hydrogen-bond donors (Lipinski definition) is 2. The molecule has 0 spiro atoms. The van der Waals surface area contributed by atoms with Gasteiger partial charge in [0.05, 0.1) is 5.69 Å². The zero-order valence-corrected chi connectivity index (χ0v) is 14.2. The summed E-state index contributed by atoms with van der Waals surface area (Å²) >= 11 is 0. The molecule has 2 N–H and O–H groups in total. The number of halogens is 2. The van der Waals surface area contributed by atoms with Crippen LogP contribution in [0.1, 0.15) is 20.7 Å². The molecular formula is C21H16F2N2O2. The van der Waals surface area contributed by atoms with Gasteiger partial charge in [0.25, 0.3) is 5.91 Å². The van der Waals surface area contributed by atoms with Gasteiger partial charge in [-0.1, -0.05) is 42.5 Å². The minimum atomic E-state index is -1.21. The van der Waals surface area contributed by atoms with Crippen LogP contribution in [-0.4, -0.2) is 17.9 Å². The Labute approximate surface area is 154 Å². The van der Waals surface area contributed by atoms with E-state index in [0.717, 1.165) is 12.1 Å². The molecule has 0 aliphatic heterocycles. The number of ketones is 1. The van der Waals surface area contributed by atoms with Crippen molar-refractivity contribution in [3.8, 4) is 0 Å². The van der Waals surface area contributed by atoms with Crippen LogP contribution in [0.5, 0.6) is 0 Å².